The van der Waals surface area contributed by atoms with Crippen LogP contribution in [0.15, 0.2) is 0 Å². The zero-order valence-corrected chi connectivity index (χ0v) is 14.5. The first-order chi connectivity index (χ1) is 4.30. The van der Waals surface area contributed by atoms with E-state index in [1.54, 1.807) is 0 Å². The number of hydrogen-bond acceptors (Lipinski definition) is 1. The third-order valence-electron chi connectivity index (χ3n) is 1.95. The van der Waals surface area contributed by atoms with Gasteiger partial charge in [-0.2, -0.15) is 0 Å². The van der Waals surface area contributed by atoms with Crippen molar-refractivity contribution >= 4 is 5.97 Å². The van der Waals surface area contributed by atoms with Crippen LogP contribution in [0.25, 0.3) is 0 Å². The first-order valence-corrected chi connectivity index (χ1v) is 3.53. The van der Waals surface area contributed by atoms with E-state index in [9.17, 15) is 4.79 Å². The smallest absolute Gasteiger partial charge is 1.00 e. The maximum atomic E-state index is 10.4. The van der Waals surface area contributed by atoms with Gasteiger partial charge in [-0.1, -0.05) is 19.3 Å². The Labute approximate surface area is 145 Å². The molecule has 5 heteroatoms. The zero-order chi connectivity index (χ0) is 6.69. The first-order valence-electron chi connectivity index (χ1n) is 3.53. The standard InChI is InChI=1S/C7H12O2.3Na.3H/c8-7(9)6-4-2-1-3-5-6;;;;;;/h6H,1-5H2,(H,8,9);;;;;;/q;3*+1;3*-1. The minimum atomic E-state index is -0.602. The Morgan fingerprint density at radius 2 is 1.50 bits per heavy atom. The van der Waals surface area contributed by atoms with Crippen molar-refractivity contribution < 1.29 is 103 Å². The van der Waals surface area contributed by atoms with Gasteiger partial charge in [0.05, 0.1) is 5.92 Å². The van der Waals surface area contributed by atoms with Crippen molar-refractivity contribution in [3.8, 4) is 0 Å². The Bertz CT molecular complexity index is 124. The van der Waals surface area contributed by atoms with E-state index in [4.69, 9.17) is 5.11 Å². The van der Waals surface area contributed by atoms with Crippen molar-refractivity contribution in [1.29, 1.82) is 0 Å². The van der Waals surface area contributed by atoms with Crippen LogP contribution in [0.1, 0.15) is 36.4 Å². The molecule has 0 bridgehead atoms. The van der Waals surface area contributed by atoms with Gasteiger partial charge in [-0.25, -0.2) is 0 Å². The maximum absolute atomic E-state index is 10.4. The summed E-state index contributed by atoms with van der Waals surface area (Å²) in [6.07, 6.45) is 5.24. The molecule has 1 saturated carbocycles. The van der Waals surface area contributed by atoms with Crippen LogP contribution in [0, 0.1) is 5.92 Å². The fourth-order valence-electron chi connectivity index (χ4n) is 1.35. The second-order valence-electron chi connectivity index (χ2n) is 2.67. The van der Waals surface area contributed by atoms with Gasteiger partial charge in [-0.3, -0.25) is 4.79 Å². The normalized spacial score (nSPS) is 16.3. The summed E-state index contributed by atoms with van der Waals surface area (Å²) in [6, 6.07) is 0. The summed E-state index contributed by atoms with van der Waals surface area (Å²) >= 11 is 0. The predicted octanol–water partition coefficient (Wildman–Crippen LogP) is -7.00. The van der Waals surface area contributed by atoms with Gasteiger partial charge in [0.1, 0.15) is 0 Å². The molecule has 2 nitrogen and oxygen atoms in total. The molecule has 0 spiro atoms. The molecule has 0 saturated heterocycles. The fourth-order valence-corrected chi connectivity index (χ4v) is 1.35. The molecule has 1 rings (SSSR count). The van der Waals surface area contributed by atoms with Gasteiger partial charge in [0.25, 0.3) is 0 Å². The Kier molecular flexibility index (Phi) is 19.2. The molecule has 0 aromatic heterocycles. The fraction of sp³-hybridized carbons (Fsp3) is 0.857. The molecule has 1 N–H and O–H groups in total. The van der Waals surface area contributed by atoms with E-state index in [0.29, 0.717) is 0 Å². The Hall–Kier alpha value is 2.47. The second-order valence-corrected chi connectivity index (χ2v) is 2.67. The molecule has 0 aromatic rings. The Morgan fingerprint density at radius 3 is 1.75 bits per heavy atom. The van der Waals surface area contributed by atoms with Crippen molar-refractivity contribution in [3.63, 3.8) is 0 Å². The summed E-state index contributed by atoms with van der Waals surface area (Å²) in [5.41, 5.74) is 0. The van der Waals surface area contributed by atoms with E-state index in [1.165, 1.54) is 6.42 Å². The topological polar surface area (TPSA) is 37.3 Å². The average Bonchev–Trinajstić information content (AvgIpc) is 1.90. The van der Waals surface area contributed by atoms with Crippen LogP contribution >= 0.6 is 0 Å². The molecule has 0 unspecified atom stereocenters. The molecule has 1 fully saturated rings. The van der Waals surface area contributed by atoms with Crippen LogP contribution in [0.2, 0.25) is 0 Å². The van der Waals surface area contributed by atoms with Crippen LogP contribution < -0.4 is 88.7 Å². The predicted molar refractivity (Wildman–Crippen MR) is 37.5 cm³/mol. The molecular weight excluding hydrogens is 185 g/mol. The molecule has 0 amide bonds. The van der Waals surface area contributed by atoms with E-state index >= 15 is 0 Å². The van der Waals surface area contributed by atoms with Gasteiger partial charge in [0, 0.05) is 0 Å². The van der Waals surface area contributed by atoms with Crippen molar-refractivity contribution in [3.05, 3.63) is 0 Å². The van der Waals surface area contributed by atoms with Crippen molar-refractivity contribution in [2.24, 2.45) is 5.92 Å². The molecular formula is C7H15Na3O2. The Balaban J connectivity index is -0.0000000337. The van der Waals surface area contributed by atoms with Crippen molar-refractivity contribution in [1.82, 2.24) is 0 Å². The number of hydrogen-bond donors (Lipinski definition) is 1. The molecule has 1 aliphatic rings. The summed E-state index contributed by atoms with van der Waals surface area (Å²) in [7, 11) is 0. The van der Waals surface area contributed by atoms with Gasteiger partial charge in [0.15, 0.2) is 0 Å². The van der Waals surface area contributed by atoms with Gasteiger partial charge in [0.2, 0.25) is 0 Å². The van der Waals surface area contributed by atoms with Gasteiger partial charge in [-0.05, 0) is 12.8 Å². The minimum Gasteiger partial charge on any atom is -1.00 e. The van der Waals surface area contributed by atoms with Gasteiger partial charge >= 0.3 is 94.6 Å². The number of carboxylic acid groups (broad SMARTS) is 1. The number of aliphatic carboxylic acids is 1. The molecule has 0 aromatic carbocycles. The number of carbonyl (C=O) groups is 1. The molecule has 0 atom stereocenters. The van der Waals surface area contributed by atoms with Gasteiger partial charge in [-0.15, -0.1) is 0 Å². The summed E-state index contributed by atoms with van der Waals surface area (Å²) in [4.78, 5) is 10.4. The summed E-state index contributed by atoms with van der Waals surface area (Å²) < 4.78 is 0. The van der Waals surface area contributed by atoms with E-state index in [0.717, 1.165) is 25.7 Å². The van der Waals surface area contributed by atoms with E-state index < -0.39 is 5.97 Å². The minimum absolute atomic E-state index is 0. The second kappa shape index (κ2) is 11.5. The zero-order valence-electron chi connectivity index (χ0n) is 11.5. The third-order valence-corrected chi connectivity index (χ3v) is 1.95. The summed E-state index contributed by atoms with van der Waals surface area (Å²) in [5, 5.41) is 8.54. The molecule has 0 heterocycles. The van der Waals surface area contributed by atoms with Crippen LogP contribution in [-0.4, -0.2) is 11.1 Å². The van der Waals surface area contributed by atoms with Crippen molar-refractivity contribution in [2.75, 3.05) is 0 Å². The molecule has 1 aliphatic carbocycles. The van der Waals surface area contributed by atoms with E-state index in [1.807, 2.05) is 0 Å². The van der Waals surface area contributed by atoms with Crippen LogP contribution in [0.4, 0.5) is 0 Å². The van der Waals surface area contributed by atoms with Crippen LogP contribution in [0.5, 0.6) is 0 Å². The van der Waals surface area contributed by atoms with Crippen molar-refractivity contribution in [2.45, 2.75) is 32.1 Å². The number of carboxylic acids is 1. The third kappa shape index (κ3) is 7.84. The average molecular weight is 200 g/mol. The van der Waals surface area contributed by atoms with E-state index in [2.05, 4.69) is 0 Å². The SMILES string of the molecule is O=C(O)C1CCCCC1.[H-].[H-].[H-].[Na+].[Na+].[Na+]. The summed E-state index contributed by atoms with van der Waals surface area (Å²) in [5.74, 6) is -0.631. The number of rotatable bonds is 1. The quantitative estimate of drug-likeness (QED) is 0.427. The van der Waals surface area contributed by atoms with Crippen LogP contribution in [0.3, 0.4) is 0 Å². The Morgan fingerprint density at radius 1 is 1.08 bits per heavy atom. The maximum Gasteiger partial charge on any atom is 1.00 e. The van der Waals surface area contributed by atoms with Crippen LogP contribution in [-0.2, 0) is 4.79 Å². The largest absolute Gasteiger partial charge is 1.00 e. The first kappa shape index (κ1) is 20.0. The molecule has 0 aliphatic heterocycles. The molecule has 58 valence electrons. The molecule has 12 heavy (non-hydrogen) atoms. The summed E-state index contributed by atoms with van der Waals surface area (Å²) in [6.45, 7) is 0. The monoisotopic (exact) mass is 200 g/mol. The van der Waals surface area contributed by atoms with Gasteiger partial charge < -0.3 is 9.39 Å². The molecule has 0 radical (unpaired) electrons. The van der Waals surface area contributed by atoms with E-state index in [-0.39, 0.29) is 98.9 Å².